The first-order valence-corrected chi connectivity index (χ1v) is 9.10. The van der Waals surface area contributed by atoms with Crippen LogP contribution in [0.2, 0.25) is 5.02 Å². The van der Waals surface area contributed by atoms with E-state index in [9.17, 15) is 4.79 Å². The van der Waals surface area contributed by atoms with Gasteiger partial charge >= 0.3 is 0 Å². The van der Waals surface area contributed by atoms with E-state index in [1.54, 1.807) is 19.4 Å². The van der Waals surface area contributed by atoms with E-state index in [2.05, 4.69) is 10.3 Å². The van der Waals surface area contributed by atoms with E-state index < -0.39 is 6.10 Å². The van der Waals surface area contributed by atoms with Crippen LogP contribution in [0.4, 0.5) is 0 Å². The topological polar surface area (TPSA) is 56.1 Å². The van der Waals surface area contributed by atoms with Gasteiger partial charge in [-0.15, -0.1) is 0 Å². The van der Waals surface area contributed by atoms with E-state index in [0.717, 1.165) is 27.4 Å². The van der Waals surface area contributed by atoms with Crippen LogP contribution >= 0.6 is 11.6 Å². The summed E-state index contributed by atoms with van der Waals surface area (Å²) >= 11 is 6.17. The number of aryl methyl sites for hydroxylation is 2. The molecule has 2 aromatic carbocycles. The van der Waals surface area contributed by atoms with Gasteiger partial charge in [0.25, 0.3) is 5.91 Å². The average Bonchev–Trinajstić information content (AvgIpc) is 3.19. The average molecular weight is 384 g/mol. The molecule has 0 spiro atoms. The molecule has 0 aliphatic carbocycles. The number of amides is 1. The molecule has 1 aromatic heterocycles. The van der Waals surface area contributed by atoms with Crippen molar-refractivity contribution in [3.05, 3.63) is 76.8 Å². The summed E-state index contributed by atoms with van der Waals surface area (Å²) in [5.74, 6) is 0.473. The van der Waals surface area contributed by atoms with Crippen LogP contribution in [0.1, 0.15) is 23.6 Å². The van der Waals surface area contributed by atoms with Crippen molar-refractivity contribution in [2.75, 3.05) is 0 Å². The molecule has 3 rings (SSSR count). The summed E-state index contributed by atoms with van der Waals surface area (Å²) in [7, 11) is 0. The fraction of sp³-hybridized carbons (Fsp3) is 0.238. The number of nitrogens with zero attached hydrogens (tertiary/aromatic N) is 2. The minimum absolute atomic E-state index is 0.168. The van der Waals surface area contributed by atoms with Gasteiger partial charge in [-0.3, -0.25) is 4.79 Å². The number of aromatic nitrogens is 2. The number of carbonyl (C=O) groups excluding carboxylic acids is 1. The zero-order valence-electron chi connectivity index (χ0n) is 15.6. The van der Waals surface area contributed by atoms with Crippen molar-refractivity contribution in [2.24, 2.45) is 0 Å². The molecule has 1 N–H and O–H groups in total. The number of halogens is 1. The third kappa shape index (κ3) is 4.68. The van der Waals surface area contributed by atoms with Crippen LogP contribution in [0, 0.1) is 13.8 Å². The molecule has 5 nitrogen and oxygen atoms in total. The Balaban J connectivity index is 1.55. The Morgan fingerprint density at radius 2 is 1.89 bits per heavy atom. The summed E-state index contributed by atoms with van der Waals surface area (Å²) in [6.07, 6.45) is 4.76. The molecule has 0 saturated carbocycles. The Morgan fingerprint density at radius 1 is 1.22 bits per heavy atom. The summed E-state index contributed by atoms with van der Waals surface area (Å²) in [4.78, 5) is 16.4. The molecule has 1 atom stereocenters. The highest BCUT2D eigenvalue weighted by Gasteiger charge is 2.15. The zero-order valence-corrected chi connectivity index (χ0v) is 16.3. The lowest BCUT2D eigenvalue weighted by Crippen LogP contribution is -2.35. The molecule has 0 fully saturated rings. The minimum Gasteiger partial charge on any atom is -0.481 e. The molecule has 6 heteroatoms. The van der Waals surface area contributed by atoms with Gasteiger partial charge in [0.2, 0.25) is 0 Å². The van der Waals surface area contributed by atoms with Gasteiger partial charge in [-0.2, -0.15) is 0 Å². The largest absolute Gasteiger partial charge is 0.481 e. The number of ether oxygens (including phenoxy) is 1. The highest BCUT2D eigenvalue weighted by Crippen LogP contribution is 2.26. The van der Waals surface area contributed by atoms with Crippen molar-refractivity contribution in [3.8, 4) is 11.4 Å². The van der Waals surface area contributed by atoms with Crippen molar-refractivity contribution >= 4 is 17.5 Å². The molecule has 1 amide bonds. The number of hydrogen-bond acceptors (Lipinski definition) is 3. The quantitative estimate of drug-likeness (QED) is 0.693. The summed E-state index contributed by atoms with van der Waals surface area (Å²) in [5.41, 5.74) is 3.89. The molecule has 0 saturated heterocycles. The van der Waals surface area contributed by atoms with Crippen molar-refractivity contribution < 1.29 is 9.53 Å². The molecule has 0 radical (unpaired) electrons. The molecule has 3 aromatic rings. The molecular formula is C21H22ClN3O2. The number of hydrogen-bond donors (Lipinski definition) is 1. The van der Waals surface area contributed by atoms with Crippen molar-refractivity contribution in [3.63, 3.8) is 0 Å². The lowest BCUT2D eigenvalue weighted by atomic mass is 10.1. The fourth-order valence-electron chi connectivity index (χ4n) is 2.76. The van der Waals surface area contributed by atoms with Crippen LogP contribution < -0.4 is 10.1 Å². The van der Waals surface area contributed by atoms with E-state index in [4.69, 9.17) is 16.3 Å². The summed E-state index contributed by atoms with van der Waals surface area (Å²) < 4.78 is 7.69. The molecule has 1 heterocycles. The molecular weight excluding hydrogens is 362 g/mol. The first-order valence-electron chi connectivity index (χ1n) is 8.72. The Morgan fingerprint density at radius 3 is 2.48 bits per heavy atom. The monoisotopic (exact) mass is 383 g/mol. The van der Waals surface area contributed by atoms with Crippen molar-refractivity contribution in [2.45, 2.75) is 33.4 Å². The second kappa shape index (κ2) is 8.27. The van der Waals surface area contributed by atoms with E-state index in [1.165, 1.54) is 0 Å². The van der Waals surface area contributed by atoms with Crippen molar-refractivity contribution in [1.82, 2.24) is 14.9 Å². The Labute approximate surface area is 164 Å². The van der Waals surface area contributed by atoms with Gasteiger partial charge in [0, 0.05) is 29.6 Å². The fourth-order valence-corrected chi connectivity index (χ4v) is 2.87. The van der Waals surface area contributed by atoms with Crippen LogP contribution in [-0.2, 0) is 11.3 Å². The maximum Gasteiger partial charge on any atom is 0.261 e. The minimum atomic E-state index is -0.602. The van der Waals surface area contributed by atoms with E-state index >= 15 is 0 Å². The number of rotatable bonds is 6. The highest BCUT2D eigenvalue weighted by molar-refractivity contribution is 6.32. The second-order valence-electron chi connectivity index (χ2n) is 6.49. The van der Waals surface area contributed by atoms with Crippen LogP contribution in [0.3, 0.4) is 0 Å². The van der Waals surface area contributed by atoms with Crippen LogP contribution in [0.25, 0.3) is 5.69 Å². The second-order valence-corrected chi connectivity index (χ2v) is 6.86. The number of nitrogens with one attached hydrogen (secondary N) is 1. The summed E-state index contributed by atoms with van der Waals surface area (Å²) in [6.45, 7) is 6.01. The first kappa shape index (κ1) is 19.0. The molecule has 0 bridgehead atoms. The van der Waals surface area contributed by atoms with Crippen LogP contribution in [-0.4, -0.2) is 21.6 Å². The predicted molar refractivity (Wildman–Crippen MR) is 106 cm³/mol. The number of carbonyl (C=O) groups is 1. The van der Waals surface area contributed by atoms with E-state index in [0.29, 0.717) is 12.3 Å². The Bertz CT molecular complexity index is 898. The lowest BCUT2D eigenvalue weighted by molar-refractivity contribution is -0.127. The normalized spacial score (nSPS) is 11.9. The summed E-state index contributed by atoms with van der Waals surface area (Å²) in [5, 5.41) is 3.63. The van der Waals surface area contributed by atoms with E-state index in [-0.39, 0.29) is 5.91 Å². The first-order chi connectivity index (χ1) is 12.9. The molecule has 140 valence electrons. The Hall–Kier alpha value is -2.79. The van der Waals surface area contributed by atoms with Crippen LogP contribution in [0.15, 0.2) is 55.1 Å². The Kier molecular flexibility index (Phi) is 5.81. The van der Waals surface area contributed by atoms with Gasteiger partial charge in [-0.25, -0.2) is 4.98 Å². The van der Waals surface area contributed by atoms with Crippen LogP contribution in [0.5, 0.6) is 5.75 Å². The number of imidazole rings is 1. The standard InChI is InChI=1S/C21H22ClN3O2/c1-14-10-19(11-15(2)20(14)22)27-16(3)21(26)24-12-17-4-6-18(7-5-17)25-9-8-23-13-25/h4-11,13,16H,12H2,1-3H3,(H,24,26). The summed E-state index contributed by atoms with van der Waals surface area (Å²) in [6, 6.07) is 11.6. The third-order valence-corrected chi connectivity index (χ3v) is 4.89. The van der Waals surface area contributed by atoms with Gasteiger partial charge in [0.15, 0.2) is 6.10 Å². The third-order valence-electron chi connectivity index (χ3n) is 4.30. The maximum atomic E-state index is 12.3. The molecule has 0 aliphatic rings. The predicted octanol–water partition coefficient (Wildman–Crippen LogP) is 4.23. The van der Waals surface area contributed by atoms with Crippen molar-refractivity contribution in [1.29, 1.82) is 0 Å². The van der Waals surface area contributed by atoms with Gasteiger partial charge in [0.1, 0.15) is 5.75 Å². The SMILES string of the molecule is Cc1cc(OC(C)C(=O)NCc2ccc(-n3ccnc3)cc2)cc(C)c1Cl. The number of benzene rings is 2. The van der Waals surface area contributed by atoms with Gasteiger partial charge in [-0.05, 0) is 61.7 Å². The zero-order chi connectivity index (χ0) is 19.4. The van der Waals surface area contributed by atoms with Gasteiger partial charge < -0.3 is 14.6 Å². The lowest BCUT2D eigenvalue weighted by Gasteiger charge is -2.16. The maximum absolute atomic E-state index is 12.3. The van der Waals surface area contributed by atoms with Gasteiger partial charge in [0.05, 0.1) is 6.33 Å². The van der Waals surface area contributed by atoms with E-state index in [1.807, 2.05) is 61.0 Å². The molecule has 0 aliphatic heterocycles. The smallest absolute Gasteiger partial charge is 0.261 e. The molecule has 27 heavy (non-hydrogen) atoms. The highest BCUT2D eigenvalue weighted by atomic mass is 35.5. The molecule has 1 unspecified atom stereocenters. The van der Waals surface area contributed by atoms with Gasteiger partial charge in [-0.1, -0.05) is 23.7 Å².